The molecule has 1 saturated heterocycles. The van der Waals surface area contributed by atoms with Crippen molar-refractivity contribution in [3.8, 4) is 5.75 Å². The number of likely N-dealkylation sites (tertiary alicyclic amines) is 1. The third-order valence-electron chi connectivity index (χ3n) is 6.49. The summed E-state index contributed by atoms with van der Waals surface area (Å²) < 4.78 is 37.1. The fourth-order valence-corrected chi connectivity index (χ4v) is 4.84. The zero-order valence-corrected chi connectivity index (χ0v) is 18.3. The van der Waals surface area contributed by atoms with Gasteiger partial charge in [0.1, 0.15) is 5.75 Å². The number of nitro groups is 1. The number of nitrogens with one attached hydrogen (secondary N) is 1. The van der Waals surface area contributed by atoms with Crippen LogP contribution in [0.25, 0.3) is 0 Å². The molecule has 2 N–H and O–H groups in total. The summed E-state index contributed by atoms with van der Waals surface area (Å²) >= 11 is 0. The summed E-state index contributed by atoms with van der Waals surface area (Å²) in [4.78, 5) is 22.2. The Morgan fingerprint density at radius 1 is 1.27 bits per heavy atom. The van der Waals surface area contributed by atoms with Crippen LogP contribution in [0.3, 0.4) is 0 Å². The van der Waals surface area contributed by atoms with E-state index in [-0.39, 0.29) is 10.6 Å². The molecule has 3 atom stereocenters. The number of piperidine rings is 1. The van der Waals surface area contributed by atoms with Crippen LogP contribution in [0.4, 0.5) is 24.5 Å². The molecule has 1 aromatic carbocycles. The van der Waals surface area contributed by atoms with Gasteiger partial charge in [-0.3, -0.25) is 10.1 Å². The summed E-state index contributed by atoms with van der Waals surface area (Å²) in [5.41, 5.74) is 0.813. The second-order valence-corrected chi connectivity index (χ2v) is 8.70. The van der Waals surface area contributed by atoms with Crippen LogP contribution in [0.1, 0.15) is 25.7 Å². The predicted octanol–water partition coefficient (Wildman–Crippen LogP) is 4.33. The molecular weight excluding hydrogens is 443 g/mol. The number of fused-ring (bicyclic) bond motifs is 2. The zero-order chi connectivity index (χ0) is 24.2. The summed E-state index contributed by atoms with van der Waals surface area (Å²) in [6.07, 6.45) is 4.61. The fourth-order valence-electron chi connectivity index (χ4n) is 4.84. The van der Waals surface area contributed by atoms with Gasteiger partial charge in [-0.2, -0.15) is 13.2 Å². The van der Waals surface area contributed by atoms with Crippen molar-refractivity contribution in [2.75, 3.05) is 32.1 Å². The smallest absolute Gasteiger partial charge is 0.490 e. The summed E-state index contributed by atoms with van der Waals surface area (Å²) in [5.74, 6) is 0.390. The number of anilines is 1. The van der Waals surface area contributed by atoms with E-state index in [4.69, 9.17) is 14.6 Å². The second-order valence-electron chi connectivity index (χ2n) is 8.70. The van der Waals surface area contributed by atoms with E-state index < -0.39 is 12.1 Å². The number of non-ortho nitro benzene ring substituents is 1. The summed E-state index contributed by atoms with van der Waals surface area (Å²) in [6.45, 7) is 3.40. The number of benzene rings is 1. The van der Waals surface area contributed by atoms with Crippen LogP contribution in [-0.4, -0.2) is 59.9 Å². The predicted molar refractivity (Wildman–Crippen MR) is 115 cm³/mol. The maximum Gasteiger partial charge on any atom is 0.490 e. The molecule has 0 amide bonds. The molecule has 8 nitrogen and oxygen atoms in total. The third-order valence-corrected chi connectivity index (χ3v) is 6.49. The second kappa shape index (κ2) is 10.4. The molecule has 11 heteroatoms. The fraction of sp³-hybridized carbons (Fsp3) is 0.591. The molecule has 0 radical (unpaired) electrons. The lowest BCUT2D eigenvalue weighted by Gasteiger charge is -2.35. The van der Waals surface area contributed by atoms with Gasteiger partial charge in [0, 0.05) is 37.8 Å². The summed E-state index contributed by atoms with van der Waals surface area (Å²) in [6, 6.07) is 5.06. The van der Waals surface area contributed by atoms with Gasteiger partial charge in [0.25, 0.3) is 5.69 Å². The molecule has 182 valence electrons. The SMILES string of the molecule is COc1ccc([N+](=O)[O-])cc1NC1CCN(CC2CC3C=CC2C3)CC1.O=C(O)C(F)(F)F. The van der Waals surface area contributed by atoms with Crippen LogP contribution in [0, 0.1) is 27.9 Å². The number of allylic oxidation sites excluding steroid dienone is 2. The lowest BCUT2D eigenvalue weighted by Crippen LogP contribution is -2.41. The Bertz CT molecular complexity index is 885. The first-order chi connectivity index (χ1) is 15.6. The Kier molecular flexibility index (Phi) is 7.83. The number of aliphatic carboxylic acids is 1. The van der Waals surface area contributed by atoms with Crippen molar-refractivity contribution >= 4 is 17.3 Å². The number of ether oxygens (including phenoxy) is 1. The van der Waals surface area contributed by atoms with E-state index in [1.165, 1.54) is 25.5 Å². The number of methoxy groups -OCH3 is 1. The van der Waals surface area contributed by atoms with Crippen molar-refractivity contribution in [3.63, 3.8) is 0 Å². The molecule has 2 fully saturated rings. The molecule has 3 unspecified atom stereocenters. The highest BCUT2D eigenvalue weighted by atomic mass is 19.4. The van der Waals surface area contributed by atoms with E-state index in [1.54, 1.807) is 19.2 Å². The summed E-state index contributed by atoms with van der Waals surface area (Å²) in [5, 5.41) is 21.6. The van der Waals surface area contributed by atoms with Crippen LogP contribution in [0.15, 0.2) is 30.4 Å². The molecule has 1 saturated carbocycles. The highest BCUT2D eigenvalue weighted by molar-refractivity contribution is 5.73. The van der Waals surface area contributed by atoms with Gasteiger partial charge in [-0.1, -0.05) is 12.2 Å². The van der Waals surface area contributed by atoms with Gasteiger partial charge >= 0.3 is 12.1 Å². The number of nitro benzene ring substituents is 1. The van der Waals surface area contributed by atoms with Crippen molar-refractivity contribution in [3.05, 3.63) is 40.5 Å². The largest absolute Gasteiger partial charge is 0.495 e. The van der Waals surface area contributed by atoms with E-state index in [1.807, 2.05) is 0 Å². The number of rotatable bonds is 6. The Morgan fingerprint density at radius 3 is 2.42 bits per heavy atom. The van der Waals surface area contributed by atoms with E-state index in [0.29, 0.717) is 11.8 Å². The molecule has 2 bridgehead atoms. The topological polar surface area (TPSA) is 105 Å². The van der Waals surface area contributed by atoms with Gasteiger partial charge in [0.15, 0.2) is 0 Å². The van der Waals surface area contributed by atoms with Crippen molar-refractivity contribution in [1.29, 1.82) is 0 Å². The van der Waals surface area contributed by atoms with E-state index in [0.717, 1.165) is 49.4 Å². The third kappa shape index (κ3) is 6.59. The molecule has 0 spiro atoms. The van der Waals surface area contributed by atoms with E-state index >= 15 is 0 Å². The van der Waals surface area contributed by atoms with Crippen LogP contribution >= 0.6 is 0 Å². The van der Waals surface area contributed by atoms with Crippen LogP contribution in [-0.2, 0) is 4.79 Å². The number of hydrogen-bond acceptors (Lipinski definition) is 6. The van der Waals surface area contributed by atoms with Crippen molar-refractivity contribution < 1.29 is 32.7 Å². The van der Waals surface area contributed by atoms with Crippen molar-refractivity contribution in [2.45, 2.75) is 37.9 Å². The number of carboxylic acids is 1. The molecule has 0 aromatic heterocycles. The monoisotopic (exact) mass is 471 g/mol. The van der Waals surface area contributed by atoms with Gasteiger partial charge in [-0.05, 0) is 49.5 Å². The number of halogens is 3. The molecule has 2 aliphatic carbocycles. The standard InChI is InChI=1S/C20H27N3O3.C2HF3O2/c1-26-20-5-4-18(23(24)25)12-19(20)21-17-6-8-22(9-7-17)13-16-11-14-2-3-15(16)10-14;3-2(4,5)1(6)7/h2-5,12,14-17,21H,6-11,13H2,1H3;(H,6,7). The maximum absolute atomic E-state index is 11.0. The first-order valence-corrected chi connectivity index (χ1v) is 10.9. The lowest BCUT2D eigenvalue weighted by molar-refractivity contribution is -0.384. The average molecular weight is 471 g/mol. The normalized spacial score (nSPS) is 24.8. The Hall–Kier alpha value is -2.82. The number of hydrogen-bond donors (Lipinski definition) is 2. The van der Waals surface area contributed by atoms with E-state index in [9.17, 15) is 23.3 Å². The molecular formula is C22H28F3N3O5. The first kappa shape index (κ1) is 24.8. The minimum Gasteiger partial charge on any atom is -0.495 e. The van der Waals surface area contributed by atoms with E-state index in [2.05, 4.69) is 22.4 Å². The van der Waals surface area contributed by atoms with Crippen molar-refractivity contribution in [1.82, 2.24) is 4.90 Å². The van der Waals surface area contributed by atoms with Gasteiger partial charge in [0.2, 0.25) is 0 Å². The minimum atomic E-state index is -5.08. The minimum absolute atomic E-state index is 0.0927. The lowest BCUT2D eigenvalue weighted by atomic mass is 9.92. The number of carbonyl (C=O) groups is 1. The Balaban J connectivity index is 0.000000383. The quantitative estimate of drug-likeness (QED) is 0.362. The Morgan fingerprint density at radius 2 is 1.94 bits per heavy atom. The van der Waals surface area contributed by atoms with Crippen LogP contribution in [0.2, 0.25) is 0 Å². The highest BCUT2D eigenvalue weighted by Gasteiger charge is 2.38. The van der Waals surface area contributed by atoms with Gasteiger partial charge in [0.05, 0.1) is 17.7 Å². The van der Waals surface area contributed by atoms with Gasteiger partial charge in [-0.15, -0.1) is 0 Å². The van der Waals surface area contributed by atoms with Crippen molar-refractivity contribution in [2.24, 2.45) is 17.8 Å². The number of carboxylic acid groups (broad SMARTS) is 1. The first-order valence-electron chi connectivity index (χ1n) is 10.9. The highest BCUT2D eigenvalue weighted by Crippen LogP contribution is 2.43. The molecule has 3 aliphatic rings. The van der Waals surface area contributed by atoms with Crippen LogP contribution in [0.5, 0.6) is 5.75 Å². The Labute approximate surface area is 189 Å². The van der Waals surface area contributed by atoms with Gasteiger partial charge < -0.3 is 20.1 Å². The average Bonchev–Trinajstić information content (AvgIpc) is 3.38. The summed E-state index contributed by atoms with van der Waals surface area (Å²) in [7, 11) is 1.60. The number of nitrogens with zero attached hydrogens (tertiary/aromatic N) is 2. The molecule has 1 aromatic rings. The zero-order valence-electron chi connectivity index (χ0n) is 18.3. The molecule has 4 rings (SSSR count). The molecule has 33 heavy (non-hydrogen) atoms. The van der Waals surface area contributed by atoms with Crippen LogP contribution < -0.4 is 10.1 Å². The van der Waals surface area contributed by atoms with Gasteiger partial charge in [-0.25, -0.2) is 4.79 Å². The number of alkyl halides is 3. The maximum atomic E-state index is 11.0. The molecule has 1 heterocycles. The molecule has 1 aliphatic heterocycles.